The number of aryl methyl sites for hydroxylation is 2. The van der Waals surface area contributed by atoms with Gasteiger partial charge in [0.2, 0.25) is 0 Å². The van der Waals surface area contributed by atoms with Crippen molar-refractivity contribution in [2.45, 2.75) is 25.3 Å². The van der Waals surface area contributed by atoms with Crippen LogP contribution in [0.25, 0.3) is 0 Å². The van der Waals surface area contributed by atoms with Crippen molar-refractivity contribution in [2.75, 3.05) is 4.31 Å². The molecular weight excluding hydrogens is 330 g/mol. The standard InChI is InChI=1S/C21H21NO2S/c1-17-13-14-20(15-18(17)2)22(16-19-9-5-3-6-10-19)25(23,24)21-11-7-4-8-12-21/h3-15H,16H2,1-2H3. The molecule has 3 rings (SSSR count). The van der Waals surface area contributed by atoms with Crippen LogP contribution >= 0.6 is 0 Å². The molecule has 0 N–H and O–H groups in total. The van der Waals surface area contributed by atoms with Crippen LogP contribution in [-0.4, -0.2) is 8.42 Å². The van der Waals surface area contributed by atoms with Gasteiger partial charge in [0.15, 0.2) is 0 Å². The first-order valence-corrected chi connectivity index (χ1v) is 9.61. The average Bonchev–Trinajstić information content (AvgIpc) is 2.63. The van der Waals surface area contributed by atoms with Gasteiger partial charge in [-0.1, -0.05) is 54.6 Å². The van der Waals surface area contributed by atoms with Crippen LogP contribution in [0.5, 0.6) is 0 Å². The highest BCUT2D eigenvalue weighted by molar-refractivity contribution is 7.92. The lowest BCUT2D eigenvalue weighted by atomic mass is 10.1. The quantitative estimate of drug-likeness (QED) is 0.668. The van der Waals surface area contributed by atoms with Gasteiger partial charge in [0.25, 0.3) is 10.0 Å². The average molecular weight is 351 g/mol. The predicted octanol–water partition coefficient (Wildman–Crippen LogP) is 4.70. The van der Waals surface area contributed by atoms with Crippen molar-refractivity contribution in [3.63, 3.8) is 0 Å². The molecule has 3 aromatic carbocycles. The summed E-state index contributed by atoms with van der Waals surface area (Å²) in [5.74, 6) is 0. The molecule has 3 aromatic rings. The summed E-state index contributed by atoms with van der Waals surface area (Å²) in [6.45, 7) is 4.31. The lowest BCUT2D eigenvalue weighted by molar-refractivity contribution is 0.590. The minimum absolute atomic E-state index is 0.292. The van der Waals surface area contributed by atoms with Gasteiger partial charge in [0.05, 0.1) is 17.1 Å². The molecule has 0 heterocycles. The van der Waals surface area contributed by atoms with Gasteiger partial charge >= 0.3 is 0 Å². The Balaban J connectivity index is 2.10. The molecule has 0 aliphatic carbocycles. The highest BCUT2D eigenvalue weighted by Gasteiger charge is 2.25. The first kappa shape index (κ1) is 17.2. The molecule has 4 heteroatoms. The first-order valence-electron chi connectivity index (χ1n) is 8.17. The number of sulfonamides is 1. The van der Waals surface area contributed by atoms with Crippen LogP contribution in [0.3, 0.4) is 0 Å². The van der Waals surface area contributed by atoms with E-state index in [0.717, 1.165) is 16.7 Å². The summed E-state index contributed by atoms with van der Waals surface area (Å²) >= 11 is 0. The zero-order chi connectivity index (χ0) is 17.9. The zero-order valence-electron chi connectivity index (χ0n) is 14.4. The first-order chi connectivity index (χ1) is 12.0. The lowest BCUT2D eigenvalue weighted by Crippen LogP contribution is -2.30. The third kappa shape index (κ3) is 3.74. The maximum Gasteiger partial charge on any atom is 0.264 e. The number of nitrogens with zero attached hydrogens (tertiary/aromatic N) is 1. The largest absolute Gasteiger partial charge is 0.264 e. The molecule has 0 aliphatic heterocycles. The summed E-state index contributed by atoms with van der Waals surface area (Å²) < 4.78 is 28.0. The molecule has 0 saturated heterocycles. The molecule has 0 aliphatic rings. The molecule has 3 nitrogen and oxygen atoms in total. The highest BCUT2D eigenvalue weighted by Crippen LogP contribution is 2.27. The smallest absolute Gasteiger partial charge is 0.262 e. The molecule has 0 aromatic heterocycles. The number of hydrogen-bond donors (Lipinski definition) is 0. The minimum atomic E-state index is -3.65. The van der Waals surface area contributed by atoms with Gasteiger partial charge in [-0.15, -0.1) is 0 Å². The topological polar surface area (TPSA) is 37.4 Å². The van der Waals surface area contributed by atoms with Crippen LogP contribution in [0, 0.1) is 13.8 Å². The number of benzene rings is 3. The van der Waals surface area contributed by atoms with E-state index < -0.39 is 10.0 Å². The Kier molecular flexibility index (Phi) is 4.91. The highest BCUT2D eigenvalue weighted by atomic mass is 32.2. The van der Waals surface area contributed by atoms with E-state index in [1.54, 1.807) is 24.3 Å². The van der Waals surface area contributed by atoms with Gasteiger partial charge in [0.1, 0.15) is 0 Å². The van der Waals surface area contributed by atoms with Crippen LogP contribution in [0.15, 0.2) is 83.8 Å². The second kappa shape index (κ2) is 7.11. The van der Waals surface area contributed by atoms with Gasteiger partial charge in [0, 0.05) is 0 Å². The zero-order valence-corrected chi connectivity index (χ0v) is 15.2. The fraction of sp³-hybridized carbons (Fsp3) is 0.143. The van der Waals surface area contributed by atoms with Crippen molar-refractivity contribution in [1.82, 2.24) is 0 Å². The SMILES string of the molecule is Cc1ccc(N(Cc2ccccc2)S(=O)(=O)c2ccccc2)cc1C. The summed E-state index contributed by atoms with van der Waals surface area (Å²) in [5, 5.41) is 0. The molecule has 0 amide bonds. The Morgan fingerprint density at radius 3 is 1.96 bits per heavy atom. The fourth-order valence-corrected chi connectivity index (χ4v) is 4.13. The molecule has 0 saturated carbocycles. The van der Waals surface area contributed by atoms with Crippen molar-refractivity contribution in [2.24, 2.45) is 0 Å². The molecule has 0 spiro atoms. The van der Waals surface area contributed by atoms with E-state index in [9.17, 15) is 8.42 Å². The van der Waals surface area contributed by atoms with E-state index in [0.29, 0.717) is 17.1 Å². The van der Waals surface area contributed by atoms with Crippen LogP contribution < -0.4 is 4.31 Å². The second-order valence-electron chi connectivity index (χ2n) is 6.08. The van der Waals surface area contributed by atoms with E-state index in [1.165, 1.54) is 4.31 Å². The third-order valence-electron chi connectivity index (χ3n) is 4.28. The van der Waals surface area contributed by atoms with Crippen molar-refractivity contribution in [3.05, 3.63) is 95.6 Å². The van der Waals surface area contributed by atoms with Crippen LogP contribution in [0.1, 0.15) is 16.7 Å². The number of hydrogen-bond acceptors (Lipinski definition) is 2. The maximum atomic E-state index is 13.3. The Bertz CT molecular complexity index is 952. The van der Waals surface area contributed by atoms with Crippen molar-refractivity contribution < 1.29 is 8.42 Å². The molecule has 0 atom stereocenters. The van der Waals surface area contributed by atoms with Gasteiger partial charge in [-0.2, -0.15) is 0 Å². The molecule has 0 unspecified atom stereocenters. The van der Waals surface area contributed by atoms with E-state index in [1.807, 2.05) is 68.4 Å². The number of rotatable bonds is 5. The van der Waals surface area contributed by atoms with E-state index >= 15 is 0 Å². The Hall–Kier alpha value is -2.59. The summed E-state index contributed by atoms with van der Waals surface area (Å²) in [7, 11) is -3.65. The van der Waals surface area contributed by atoms with Crippen molar-refractivity contribution in [3.8, 4) is 0 Å². The third-order valence-corrected chi connectivity index (χ3v) is 6.07. The van der Waals surface area contributed by atoms with Crippen LogP contribution in [0.4, 0.5) is 5.69 Å². The van der Waals surface area contributed by atoms with Gasteiger partial charge < -0.3 is 0 Å². The van der Waals surface area contributed by atoms with E-state index in [-0.39, 0.29) is 0 Å². The minimum Gasteiger partial charge on any atom is -0.262 e. The summed E-state index contributed by atoms with van der Waals surface area (Å²) in [4.78, 5) is 0.296. The Morgan fingerprint density at radius 1 is 0.760 bits per heavy atom. The monoisotopic (exact) mass is 351 g/mol. The summed E-state index contributed by atoms with van der Waals surface area (Å²) in [6, 6.07) is 24.0. The van der Waals surface area contributed by atoms with E-state index in [2.05, 4.69) is 0 Å². The van der Waals surface area contributed by atoms with E-state index in [4.69, 9.17) is 0 Å². The maximum absolute atomic E-state index is 13.3. The lowest BCUT2D eigenvalue weighted by Gasteiger charge is -2.25. The van der Waals surface area contributed by atoms with Crippen molar-refractivity contribution >= 4 is 15.7 Å². The van der Waals surface area contributed by atoms with Crippen LogP contribution in [0.2, 0.25) is 0 Å². The number of anilines is 1. The summed E-state index contributed by atoms with van der Waals surface area (Å²) in [6.07, 6.45) is 0. The Labute approximate surface area is 149 Å². The van der Waals surface area contributed by atoms with Crippen LogP contribution in [-0.2, 0) is 16.6 Å². The normalized spacial score (nSPS) is 11.3. The fourth-order valence-electron chi connectivity index (χ4n) is 2.66. The second-order valence-corrected chi connectivity index (χ2v) is 7.94. The molecule has 128 valence electrons. The van der Waals surface area contributed by atoms with Gasteiger partial charge in [-0.3, -0.25) is 4.31 Å². The Morgan fingerprint density at radius 2 is 1.36 bits per heavy atom. The molecule has 0 radical (unpaired) electrons. The predicted molar refractivity (Wildman–Crippen MR) is 102 cm³/mol. The molecule has 0 bridgehead atoms. The van der Waals surface area contributed by atoms with Gasteiger partial charge in [-0.25, -0.2) is 8.42 Å². The molecular formula is C21H21NO2S. The molecule has 25 heavy (non-hydrogen) atoms. The van der Waals surface area contributed by atoms with Gasteiger partial charge in [-0.05, 0) is 54.8 Å². The molecule has 0 fully saturated rings. The van der Waals surface area contributed by atoms with Crippen molar-refractivity contribution in [1.29, 1.82) is 0 Å². The summed E-state index contributed by atoms with van der Waals surface area (Å²) in [5.41, 5.74) is 3.83.